The molecular weight excluding hydrogens is 428 g/mol. The molecule has 0 aromatic heterocycles. The lowest BCUT2D eigenvalue weighted by Gasteiger charge is -2.38. The fraction of sp³-hybridized carbons (Fsp3) is 0.714. The van der Waals surface area contributed by atoms with E-state index in [0.29, 0.717) is 17.9 Å². The molecule has 0 unspecified atom stereocenters. The molecule has 1 nitrogen and oxygen atoms in total. The number of unbranched alkanes of at least 4 members (excludes halogenated alkanes) is 1. The van der Waals surface area contributed by atoms with Crippen molar-refractivity contribution in [1.29, 1.82) is 0 Å². The number of halogens is 4. The molecule has 1 aromatic rings. The summed E-state index contributed by atoms with van der Waals surface area (Å²) in [5.74, 6) is 0.105. The molecule has 2 fully saturated rings. The molecule has 5 heteroatoms. The summed E-state index contributed by atoms with van der Waals surface area (Å²) < 4.78 is 56.4. The SMILES string of the molecule is CCC/C=C/CCC1CCC(C2CCC(CCc3cc(F)c(OC(F)F)c(F)c3)CC2)CC1. The predicted octanol–water partition coefficient (Wildman–Crippen LogP) is 9.25. The molecule has 0 atom stereocenters. The van der Waals surface area contributed by atoms with E-state index < -0.39 is 24.0 Å². The normalized spacial score (nSPS) is 26.2. The molecule has 3 rings (SSSR count). The Morgan fingerprint density at radius 2 is 1.33 bits per heavy atom. The molecule has 0 amide bonds. The van der Waals surface area contributed by atoms with E-state index in [4.69, 9.17) is 0 Å². The lowest BCUT2D eigenvalue weighted by Crippen LogP contribution is -2.26. The molecule has 0 radical (unpaired) electrons. The largest absolute Gasteiger partial charge is 0.429 e. The molecule has 0 bridgehead atoms. The number of alkyl halides is 2. The third kappa shape index (κ3) is 8.33. The van der Waals surface area contributed by atoms with E-state index in [-0.39, 0.29) is 0 Å². The maximum Gasteiger partial charge on any atom is 0.387 e. The van der Waals surface area contributed by atoms with Gasteiger partial charge in [0.15, 0.2) is 17.4 Å². The fourth-order valence-electron chi connectivity index (χ4n) is 5.96. The van der Waals surface area contributed by atoms with Crippen molar-refractivity contribution < 1.29 is 22.3 Å². The maximum absolute atomic E-state index is 13.9. The van der Waals surface area contributed by atoms with Crippen LogP contribution in [0.15, 0.2) is 24.3 Å². The van der Waals surface area contributed by atoms with Gasteiger partial charge >= 0.3 is 6.61 Å². The Bertz CT molecular complexity index is 708. The van der Waals surface area contributed by atoms with Crippen molar-refractivity contribution in [2.45, 2.75) is 103 Å². The molecule has 0 aliphatic heterocycles. The summed E-state index contributed by atoms with van der Waals surface area (Å²) in [4.78, 5) is 0. The van der Waals surface area contributed by atoms with Gasteiger partial charge in [0, 0.05) is 0 Å². The van der Waals surface area contributed by atoms with Crippen molar-refractivity contribution in [3.8, 4) is 5.75 Å². The van der Waals surface area contributed by atoms with Crippen LogP contribution in [-0.2, 0) is 6.42 Å². The molecule has 33 heavy (non-hydrogen) atoms. The lowest BCUT2D eigenvalue weighted by molar-refractivity contribution is -0.0546. The van der Waals surface area contributed by atoms with Gasteiger partial charge < -0.3 is 4.74 Å². The van der Waals surface area contributed by atoms with Crippen LogP contribution in [0.2, 0.25) is 0 Å². The molecule has 0 heterocycles. The zero-order chi connectivity index (χ0) is 23.6. The second kappa shape index (κ2) is 13.4. The van der Waals surface area contributed by atoms with Crippen LogP contribution in [0.25, 0.3) is 0 Å². The third-order valence-corrected chi connectivity index (χ3v) is 7.92. The molecule has 2 aliphatic carbocycles. The number of hydrogen-bond acceptors (Lipinski definition) is 1. The highest BCUT2D eigenvalue weighted by molar-refractivity contribution is 5.31. The minimum Gasteiger partial charge on any atom is -0.429 e. The molecule has 0 spiro atoms. The van der Waals surface area contributed by atoms with Gasteiger partial charge in [0.05, 0.1) is 0 Å². The predicted molar refractivity (Wildman–Crippen MR) is 125 cm³/mol. The van der Waals surface area contributed by atoms with Crippen LogP contribution in [-0.4, -0.2) is 6.61 Å². The Balaban J connectivity index is 1.35. The first-order chi connectivity index (χ1) is 16.0. The zero-order valence-electron chi connectivity index (χ0n) is 20.0. The molecule has 2 aliphatic rings. The van der Waals surface area contributed by atoms with Crippen LogP contribution in [0.4, 0.5) is 17.6 Å². The average molecular weight is 469 g/mol. The van der Waals surface area contributed by atoms with Crippen LogP contribution in [0, 0.1) is 35.3 Å². The van der Waals surface area contributed by atoms with E-state index in [1.807, 2.05) is 0 Å². The summed E-state index contributed by atoms with van der Waals surface area (Å²) in [6.45, 7) is -1.02. The van der Waals surface area contributed by atoms with Gasteiger partial charge in [-0.15, -0.1) is 0 Å². The van der Waals surface area contributed by atoms with Gasteiger partial charge in [-0.2, -0.15) is 8.78 Å². The topological polar surface area (TPSA) is 9.23 Å². The van der Waals surface area contributed by atoms with Gasteiger partial charge in [-0.3, -0.25) is 0 Å². The first kappa shape index (κ1) is 26.1. The van der Waals surface area contributed by atoms with Crippen LogP contribution < -0.4 is 4.74 Å². The standard InChI is InChI=1S/C28H40F4O/c1-2-3-4-5-6-7-20-10-14-23(15-11-20)24-16-12-21(13-17-24)8-9-22-18-25(29)27(26(30)19-22)33-28(31)32/h4-5,18-21,23-24,28H,2-3,6-17H2,1H3/b5-4+. The van der Waals surface area contributed by atoms with Crippen molar-refractivity contribution >= 4 is 0 Å². The summed E-state index contributed by atoms with van der Waals surface area (Å²) in [6, 6.07) is 2.26. The third-order valence-electron chi connectivity index (χ3n) is 7.92. The van der Waals surface area contributed by atoms with Gasteiger partial charge in [-0.25, -0.2) is 8.78 Å². The van der Waals surface area contributed by atoms with E-state index in [9.17, 15) is 17.6 Å². The van der Waals surface area contributed by atoms with Gasteiger partial charge in [0.1, 0.15) is 0 Å². The number of ether oxygens (including phenoxy) is 1. The molecule has 1 aromatic carbocycles. The Kier molecular flexibility index (Phi) is 10.6. The zero-order valence-corrected chi connectivity index (χ0v) is 20.0. The Labute approximate surface area is 197 Å². The first-order valence-corrected chi connectivity index (χ1v) is 13.0. The van der Waals surface area contributed by atoms with Crippen molar-refractivity contribution in [2.24, 2.45) is 23.7 Å². The van der Waals surface area contributed by atoms with Crippen molar-refractivity contribution in [2.75, 3.05) is 0 Å². The highest BCUT2D eigenvalue weighted by Crippen LogP contribution is 2.43. The van der Waals surface area contributed by atoms with E-state index >= 15 is 0 Å². The van der Waals surface area contributed by atoms with Crippen molar-refractivity contribution in [3.63, 3.8) is 0 Å². The molecule has 186 valence electrons. The second-order valence-electron chi connectivity index (χ2n) is 10.2. The number of allylic oxidation sites excluding steroid dienone is 2. The Morgan fingerprint density at radius 1 is 0.818 bits per heavy atom. The average Bonchev–Trinajstić information content (AvgIpc) is 2.81. The summed E-state index contributed by atoms with van der Waals surface area (Å²) >= 11 is 0. The minimum atomic E-state index is -3.24. The molecule has 0 saturated heterocycles. The van der Waals surface area contributed by atoms with Crippen molar-refractivity contribution in [1.82, 2.24) is 0 Å². The highest BCUT2D eigenvalue weighted by Gasteiger charge is 2.30. The van der Waals surface area contributed by atoms with Gasteiger partial charge in [-0.1, -0.05) is 51.2 Å². The minimum absolute atomic E-state index is 0.511. The van der Waals surface area contributed by atoms with E-state index in [1.165, 1.54) is 77.0 Å². The van der Waals surface area contributed by atoms with E-state index in [0.717, 1.165) is 36.3 Å². The number of aryl methyl sites for hydroxylation is 1. The smallest absolute Gasteiger partial charge is 0.387 e. The Morgan fingerprint density at radius 3 is 1.85 bits per heavy atom. The highest BCUT2D eigenvalue weighted by atomic mass is 19.3. The van der Waals surface area contributed by atoms with Crippen LogP contribution >= 0.6 is 0 Å². The van der Waals surface area contributed by atoms with Gasteiger partial charge in [0.25, 0.3) is 0 Å². The monoisotopic (exact) mass is 468 g/mol. The summed E-state index contributed by atoms with van der Waals surface area (Å²) in [6.07, 6.45) is 21.6. The second-order valence-corrected chi connectivity index (χ2v) is 10.2. The van der Waals surface area contributed by atoms with Gasteiger partial charge in [0.2, 0.25) is 0 Å². The summed E-state index contributed by atoms with van der Waals surface area (Å²) in [7, 11) is 0. The molecule has 0 N–H and O–H groups in total. The summed E-state index contributed by atoms with van der Waals surface area (Å²) in [5.41, 5.74) is 0.511. The quantitative estimate of drug-likeness (QED) is 0.232. The van der Waals surface area contributed by atoms with Gasteiger partial charge in [-0.05, 0) is 99.2 Å². The van der Waals surface area contributed by atoms with E-state index in [1.54, 1.807) is 0 Å². The first-order valence-electron chi connectivity index (χ1n) is 13.0. The van der Waals surface area contributed by atoms with Crippen LogP contribution in [0.5, 0.6) is 5.75 Å². The number of rotatable bonds is 11. The van der Waals surface area contributed by atoms with Crippen LogP contribution in [0.3, 0.4) is 0 Å². The number of benzene rings is 1. The lowest BCUT2D eigenvalue weighted by atomic mass is 9.68. The van der Waals surface area contributed by atoms with Crippen LogP contribution in [0.1, 0.15) is 96.0 Å². The molecular formula is C28H40F4O. The fourth-order valence-corrected chi connectivity index (χ4v) is 5.96. The summed E-state index contributed by atoms with van der Waals surface area (Å²) in [5, 5.41) is 0. The molecule has 2 saturated carbocycles. The van der Waals surface area contributed by atoms with E-state index in [2.05, 4.69) is 23.8 Å². The number of hydrogen-bond donors (Lipinski definition) is 0. The maximum atomic E-state index is 13.9. The van der Waals surface area contributed by atoms with Crippen molar-refractivity contribution in [3.05, 3.63) is 41.5 Å². The Hall–Kier alpha value is -1.52.